The second-order valence-electron chi connectivity index (χ2n) is 7.10. The SMILES string of the molecule is CC[C@H](C)[C@H](NC(=O)CC(C)(C)C)c1nc(-c2ccco2)no1. The Balaban J connectivity index is 2.17. The minimum atomic E-state index is -0.300. The first-order valence-corrected chi connectivity index (χ1v) is 7.97. The number of carbonyl (C=O) groups excluding carboxylic acids is 1. The summed E-state index contributed by atoms with van der Waals surface area (Å²) in [5.41, 5.74) is -0.0712. The van der Waals surface area contributed by atoms with Crippen LogP contribution in [-0.2, 0) is 4.79 Å². The van der Waals surface area contributed by atoms with Gasteiger partial charge in [0.25, 0.3) is 0 Å². The van der Waals surface area contributed by atoms with Crippen molar-refractivity contribution in [3.63, 3.8) is 0 Å². The van der Waals surface area contributed by atoms with Crippen molar-refractivity contribution >= 4 is 5.91 Å². The zero-order valence-electron chi connectivity index (χ0n) is 14.4. The van der Waals surface area contributed by atoms with Gasteiger partial charge in [0.2, 0.25) is 17.6 Å². The van der Waals surface area contributed by atoms with Crippen LogP contribution in [0.1, 0.15) is 59.4 Å². The minimum Gasteiger partial charge on any atom is -0.461 e. The summed E-state index contributed by atoms with van der Waals surface area (Å²) in [6.07, 6.45) is 2.89. The first-order valence-electron chi connectivity index (χ1n) is 7.97. The monoisotopic (exact) mass is 319 g/mol. The molecule has 0 bridgehead atoms. The van der Waals surface area contributed by atoms with E-state index in [1.54, 1.807) is 18.4 Å². The Bertz CT molecular complexity index is 626. The molecule has 126 valence electrons. The Morgan fingerprint density at radius 3 is 2.70 bits per heavy atom. The molecule has 0 radical (unpaired) electrons. The van der Waals surface area contributed by atoms with Crippen molar-refractivity contribution in [2.24, 2.45) is 11.3 Å². The van der Waals surface area contributed by atoms with E-state index in [1.165, 1.54) is 0 Å². The van der Waals surface area contributed by atoms with E-state index in [0.29, 0.717) is 23.9 Å². The number of carbonyl (C=O) groups is 1. The Labute approximate surface area is 136 Å². The van der Waals surface area contributed by atoms with Crippen molar-refractivity contribution in [2.45, 2.75) is 53.5 Å². The third kappa shape index (κ3) is 4.68. The van der Waals surface area contributed by atoms with Gasteiger partial charge in [-0.05, 0) is 23.5 Å². The average molecular weight is 319 g/mol. The van der Waals surface area contributed by atoms with Crippen LogP contribution in [0.25, 0.3) is 11.6 Å². The maximum Gasteiger partial charge on any atom is 0.249 e. The lowest BCUT2D eigenvalue weighted by Gasteiger charge is -2.23. The van der Waals surface area contributed by atoms with E-state index in [0.717, 1.165) is 6.42 Å². The molecule has 0 aliphatic carbocycles. The first-order chi connectivity index (χ1) is 10.8. The van der Waals surface area contributed by atoms with Crippen LogP contribution in [0.4, 0.5) is 0 Å². The van der Waals surface area contributed by atoms with E-state index in [1.807, 2.05) is 20.8 Å². The molecule has 1 N–H and O–H groups in total. The smallest absolute Gasteiger partial charge is 0.249 e. The van der Waals surface area contributed by atoms with Crippen LogP contribution in [0.2, 0.25) is 0 Å². The quantitative estimate of drug-likeness (QED) is 0.871. The van der Waals surface area contributed by atoms with Gasteiger partial charge in [0.1, 0.15) is 6.04 Å². The second kappa shape index (κ2) is 6.98. The summed E-state index contributed by atoms with van der Waals surface area (Å²) in [6.45, 7) is 10.2. The molecule has 2 aromatic rings. The molecule has 2 atom stereocenters. The minimum absolute atomic E-state index is 0.0134. The van der Waals surface area contributed by atoms with E-state index in [9.17, 15) is 4.79 Å². The van der Waals surface area contributed by atoms with Crippen molar-refractivity contribution < 1.29 is 13.7 Å². The average Bonchev–Trinajstić information content (AvgIpc) is 3.12. The first kappa shape index (κ1) is 17.2. The van der Waals surface area contributed by atoms with E-state index in [4.69, 9.17) is 8.94 Å². The molecule has 6 nitrogen and oxygen atoms in total. The highest BCUT2D eigenvalue weighted by molar-refractivity contribution is 5.77. The molecule has 23 heavy (non-hydrogen) atoms. The molecule has 6 heteroatoms. The van der Waals surface area contributed by atoms with E-state index >= 15 is 0 Å². The standard InChI is InChI=1S/C17H25N3O3/c1-6-11(2)14(18-13(21)10-17(3,4)5)16-19-15(20-23-16)12-8-7-9-22-12/h7-9,11,14H,6,10H2,1-5H3,(H,18,21)/t11-,14-/m0/s1. The fourth-order valence-electron chi connectivity index (χ4n) is 2.26. The summed E-state index contributed by atoms with van der Waals surface area (Å²) in [7, 11) is 0. The third-order valence-corrected chi connectivity index (χ3v) is 3.67. The number of nitrogens with one attached hydrogen (secondary N) is 1. The van der Waals surface area contributed by atoms with Gasteiger partial charge in [0.05, 0.1) is 6.26 Å². The van der Waals surface area contributed by atoms with Crippen LogP contribution < -0.4 is 5.32 Å². The fraction of sp³-hybridized carbons (Fsp3) is 0.588. The number of furan rings is 1. The molecule has 0 aliphatic heterocycles. The predicted octanol–water partition coefficient (Wildman–Crippen LogP) is 3.97. The maximum atomic E-state index is 12.3. The van der Waals surface area contributed by atoms with Gasteiger partial charge in [0.15, 0.2) is 5.76 Å². The van der Waals surface area contributed by atoms with Crippen LogP contribution in [0.15, 0.2) is 27.3 Å². The van der Waals surface area contributed by atoms with Crippen LogP contribution in [0.3, 0.4) is 0 Å². The summed E-state index contributed by atoms with van der Waals surface area (Å²) in [5, 5.41) is 6.98. The van der Waals surface area contributed by atoms with E-state index in [-0.39, 0.29) is 23.3 Å². The van der Waals surface area contributed by atoms with Crippen molar-refractivity contribution in [1.29, 1.82) is 0 Å². The van der Waals surface area contributed by atoms with Gasteiger partial charge in [0, 0.05) is 6.42 Å². The lowest BCUT2D eigenvalue weighted by molar-refractivity contribution is -0.124. The summed E-state index contributed by atoms with van der Waals surface area (Å²) in [6, 6.07) is 3.24. The van der Waals surface area contributed by atoms with Crippen molar-refractivity contribution in [2.75, 3.05) is 0 Å². The molecule has 0 saturated heterocycles. The van der Waals surface area contributed by atoms with Crippen molar-refractivity contribution in [3.8, 4) is 11.6 Å². The zero-order valence-corrected chi connectivity index (χ0v) is 14.4. The molecule has 2 aromatic heterocycles. The molecule has 2 heterocycles. The number of hydrogen-bond donors (Lipinski definition) is 1. The predicted molar refractivity (Wildman–Crippen MR) is 86.4 cm³/mol. The zero-order chi connectivity index (χ0) is 17.0. The van der Waals surface area contributed by atoms with Crippen LogP contribution in [-0.4, -0.2) is 16.0 Å². The lowest BCUT2D eigenvalue weighted by atomic mass is 9.91. The number of aromatic nitrogens is 2. The summed E-state index contributed by atoms with van der Waals surface area (Å²) >= 11 is 0. The largest absolute Gasteiger partial charge is 0.461 e. The van der Waals surface area contributed by atoms with Crippen LogP contribution in [0, 0.1) is 11.3 Å². The molecule has 1 amide bonds. The highest BCUT2D eigenvalue weighted by Gasteiger charge is 2.28. The Kier molecular flexibility index (Phi) is 5.23. The molecular formula is C17H25N3O3. The van der Waals surface area contributed by atoms with Crippen molar-refractivity contribution in [1.82, 2.24) is 15.5 Å². The van der Waals surface area contributed by atoms with Gasteiger partial charge in [-0.25, -0.2) is 0 Å². The molecule has 0 spiro atoms. The molecule has 0 fully saturated rings. The molecule has 0 aromatic carbocycles. The second-order valence-corrected chi connectivity index (χ2v) is 7.10. The summed E-state index contributed by atoms with van der Waals surface area (Å²) in [4.78, 5) is 16.7. The highest BCUT2D eigenvalue weighted by Crippen LogP contribution is 2.27. The van der Waals surface area contributed by atoms with Gasteiger partial charge in [-0.2, -0.15) is 4.98 Å². The highest BCUT2D eigenvalue weighted by atomic mass is 16.5. The van der Waals surface area contributed by atoms with E-state index in [2.05, 4.69) is 29.3 Å². The Hall–Kier alpha value is -2.11. The lowest BCUT2D eigenvalue weighted by Crippen LogP contribution is -2.34. The number of hydrogen-bond acceptors (Lipinski definition) is 5. The van der Waals surface area contributed by atoms with Crippen molar-refractivity contribution in [3.05, 3.63) is 24.3 Å². The fourth-order valence-corrected chi connectivity index (χ4v) is 2.26. The van der Waals surface area contributed by atoms with Gasteiger partial charge in [-0.15, -0.1) is 0 Å². The normalized spacial score (nSPS) is 14.5. The molecular weight excluding hydrogens is 294 g/mol. The molecule has 0 aliphatic rings. The maximum absolute atomic E-state index is 12.3. The number of amides is 1. The van der Waals surface area contributed by atoms with Crippen LogP contribution in [0.5, 0.6) is 0 Å². The van der Waals surface area contributed by atoms with Crippen LogP contribution >= 0.6 is 0 Å². The molecule has 0 saturated carbocycles. The summed E-state index contributed by atoms with van der Waals surface area (Å²) < 4.78 is 10.6. The number of nitrogens with zero attached hydrogens (tertiary/aromatic N) is 2. The molecule has 2 rings (SSSR count). The Morgan fingerprint density at radius 1 is 1.39 bits per heavy atom. The van der Waals surface area contributed by atoms with Gasteiger partial charge >= 0.3 is 0 Å². The number of rotatable bonds is 6. The van der Waals surface area contributed by atoms with Gasteiger partial charge < -0.3 is 14.3 Å². The van der Waals surface area contributed by atoms with Gasteiger partial charge in [-0.3, -0.25) is 4.79 Å². The van der Waals surface area contributed by atoms with Gasteiger partial charge in [-0.1, -0.05) is 46.2 Å². The topological polar surface area (TPSA) is 81.2 Å². The summed E-state index contributed by atoms with van der Waals surface area (Å²) in [5.74, 6) is 1.52. The van der Waals surface area contributed by atoms with E-state index < -0.39 is 0 Å². The Morgan fingerprint density at radius 2 is 2.13 bits per heavy atom. The third-order valence-electron chi connectivity index (χ3n) is 3.67. The molecule has 0 unspecified atom stereocenters.